The molecule has 1 aromatic heterocycles. The van der Waals surface area contributed by atoms with Crippen LogP contribution >= 0.6 is 24.0 Å². The lowest BCUT2D eigenvalue weighted by atomic mass is 10.1. The van der Waals surface area contributed by atoms with Crippen LogP contribution in [0.2, 0.25) is 0 Å². The number of nitrogens with zero attached hydrogens (tertiary/aromatic N) is 4. The molecule has 0 atom stereocenters. The second-order valence-corrected chi connectivity index (χ2v) is 8.70. The van der Waals surface area contributed by atoms with Gasteiger partial charge in [-0.05, 0) is 25.0 Å². The number of hydrogen-bond donors (Lipinski definition) is 2. The molecule has 1 aliphatic heterocycles. The standard InChI is InChI=1S/C17H23F3N6O2S.HI/c1-21-16(22-11-15-24-13-5-3-4-6-14(13)25(15)2)23-12-7-9-26(10-8-12)29(27,28)17(18,19)20;/h3-6,12H,7-11H2,1-2H3,(H2,21,22,23);1H. The maximum Gasteiger partial charge on any atom is 0.511 e. The molecule has 13 heteroatoms. The second kappa shape index (κ2) is 9.68. The molecule has 1 aromatic carbocycles. The zero-order valence-electron chi connectivity index (χ0n) is 16.5. The third-order valence-corrected chi connectivity index (χ3v) is 6.57. The Kier molecular flexibility index (Phi) is 7.96. The summed E-state index contributed by atoms with van der Waals surface area (Å²) >= 11 is 0. The smallest absolute Gasteiger partial charge is 0.354 e. The van der Waals surface area contributed by atoms with Crippen LogP contribution in [0.5, 0.6) is 0 Å². The van der Waals surface area contributed by atoms with Crippen LogP contribution in [0.4, 0.5) is 13.2 Å². The number of benzene rings is 1. The number of nitrogens with one attached hydrogen (secondary N) is 2. The molecule has 1 aliphatic rings. The summed E-state index contributed by atoms with van der Waals surface area (Å²) in [5.74, 6) is 1.29. The molecule has 0 amide bonds. The molecule has 0 bridgehead atoms. The van der Waals surface area contributed by atoms with E-state index in [-0.39, 0.29) is 55.9 Å². The molecule has 2 heterocycles. The quantitative estimate of drug-likeness (QED) is 0.340. The van der Waals surface area contributed by atoms with Crippen molar-refractivity contribution in [2.24, 2.45) is 12.0 Å². The van der Waals surface area contributed by atoms with E-state index in [4.69, 9.17) is 0 Å². The monoisotopic (exact) mass is 560 g/mol. The van der Waals surface area contributed by atoms with Crippen LogP contribution in [0.15, 0.2) is 29.3 Å². The van der Waals surface area contributed by atoms with Gasteiger partial charge in [-0.3, -0.25) is 4.99 Å². The molecule has 3 rings (SSSR count). The van der Waals surface area contributed by atoms with Gasteiger partial charge in [0.25, 0.3) is 0 Å². The van der Waals surface area contributed by atoms with Crippen molar-refractivity contribution in [2.75, 3.05) is 20.1 Å². The lowest BCUT2D eigenvalue weighted by Crippen LogP contribution is -2.51. The van der Waals surface area contributed by atoms with Gasteiger partial charge < -0.3 is 15.2 Å². The lowest BCUT2D eigenvalue weighted by Gasteiger charge is -2.32. The first-order valence-electron chi connectivity index (χ1n) is 9.07. The first-order valence-corrected chi connectivity index (χ1v) is 10.5. The predicted octanol–water partition coefficient (Wildman–Crippen LogP) is 2.17. The Bertz CT molecular complexity index is 1000. The fraction of sp³-hybridized carbons (Fsp3) is 0.529. The minimum atomic E-state index is -5.27. The second-order valence-electron chi connectivity index (χ2n) is 6.77. The molecule has 0 radical (unpaired) electrons. The van der Waals surface area contributed by atoms with Crippen LogP contribution in [0.1, 0.15) is 18.7 Å². The zero-order chi connectivity index (χ0) is 21.2. The van der Waals surface area contributed by atoms with Crippen molar-refractivity contribution in [1.29, 1.82) is 0 Å². The number of alkyl halides is 3. The number of aliphatic imine (C=N–C) groups is 1. The van der Waals surface area contributed by atoms with E-state index >= 15 is 0 Å². The number of rotatable bonds is 4. The molecule has 168 valence electrons. The van der Waals surface area contributed by atoms with Crippen LogP contribution in [0.25, 0.3) is 11.0 Å². The summed E-state index contributed by atoms with van der Waals surface area (Å²) in [6, 6.07) is 7.57. The first kappa shape index (κ1) is 24.7. The summed E-state index contributed by atoms with van der Waals surface area (Å²) in [6.45, 7) is 0.0225. The van der Waals surface area contributed by atoms with Crippen molar-refractivity contribution >= 4 is 51.0 Å². The fourth-order valence-corrected chi connectivity index (χ4v) is 4.28. The summed E-state index contributed by atoms with van der Waals surface area (Å²) < 4.78 is 63.4. The Morgan fingerprint density at radius 1 is 1.27 bits per heavy atom. The van der Waals surface area contributed by atoms with Gasteiger partial charge in [-0.25, -0.2) is 13.4 Å². The van der Waals surface area contributed by atoms with E-state index in [9.17, 15) is 21.6 Å². The largest absolute Gasteiger partial charge is 0.511 e. The van der Waals surface area contributed by atoms with E-state index < -0.39 is 15.5 Å². The van der Waals surface area contributed by atoms with Crippen molar-refractivity contribution in [3.05, 3.63) is 30.1 Å². The Balaban J connectivity index is 0.00000320. The Labute approximate surface area is 190 Å². The van der Waals surface area contributed by atoms with Crippen molar-refractivity contribution < 1.29 is 21.6 Å². The van der Waals surface area contributed by atoms with Gasteiger partial charge in [0.2, 0.25) is 0 Å². The number of para-hydroxylation sites is 2. The van der Waals surface area contributed by atoms with Crippen LogP contribution in [-0.2, 0) is 23.6 Å². The number of halogens is 4. The predicted molar refractivity (Wildman–Crippen MR) is 119 cm³/mol. The summed E-state index contributed by atoms with van der Waals surface area (Å²) in [6.07, 6.45) is 0.505. The highest BCUT2D eigenvalue weighted by Crippen LogP contribution is 2.28. The number of guanidine groups is 1. The summed E-state index contributed by atoms with van der Waals surface area (Å²) in [5, 5.41) is 6.28. The average Bonchev–Trinajstić information content (AvgIpc) is 3.00. The van der Waals surface area contributed by atoms with Gasteiger partial charge in [0, 0.05) is 33.2 Å². The van der Waals surface area contributed by atoms with Crippen LogP contribution in [0.3, 0.4) is 0 Å². The summed E-state index contributed by atoms with van der Waals surface area (Å²) in [4.78, 5) is 8.70. The Morgan fingerprint density at radius 3 is 2.47 bits per heavy atom. The highest BCUT2D eigenvalue weighted by molar-refractivity contribution is 14.0. The number of aromatic nitrogens is 2. The highest BCUT2D eigenvalue weighted by atomic mass is 127. The van der Waals surface area contributed by atoms with E-state index in [1.54, 1.807) is 7.05 Å². The third-order valence-electron chi connectivity index (χ3n) is 4.94. The molecule has 30 heavy (non-hydrogen) atoms. The van der Waals surface area contributed by atoms with Crippen molar-refractivity contribution in [2.45, 2.75) is 30.9 Å². The number of hydrogen-bond acceptors (Lipinski definition) is 4. The zero-order valence-corrected chi connectivity index (χ0v) is 19.6. The molecule has 0 spiro atoms. The van der Waals surface area contributed by atoms with E-state index in [1.807, 2.05) is 35.9 Å². The minimum Gasteiger partial charge on any atom is -0.354 e. The van der Waals surface area contributed by atoms with E-state index in [0.29, 0.717) is 16.8 Å². The molecule has 0 saturated carbocycles. The normalized spacial score (nSPS) is 17.0. The number of sulfonamides is 1. The van der Waals surface area contributed by atoms with Crippen molar-refractivity contribution in [3.63, 3.8) is 0 Å². The first-order chi connectivity index (χ1) is 13.6. The van der Waals surface area contributed by atoms with Gasteiger partial charge in [0.05, 0.1) is 17.6 Å². The fourth-order valence-electron chi connectivity index (χ4n) is 3.29. The molecular weight excluding hydrogens is 536 g/mol. The highest BCUT2D eigenvalue weighted by Gasteiger charge is 2.50. The van der Waals surface area contributed by atoms with E-state index in [2.05, 4.69) is 20.6 Å². The average molecular weight is 560 g/mol. The molecule has 0 aliphatic carbocycles. The van der Waals surface area contributed by atoms with Crippen molar-refractivity contribution in [3.8, 4) is 0 Å². The summed E-state index contributed by atoms with van der Waals surface area (Å²) in [5.41, 5.74) is -3.38. The van der Waals surface area contributed by atoms with Gasteiger partial charge >= 0.3 is 15.5 Å². The molecule has 1 saturated heterocycles. The van der Waals surface area contributed by atoms with Gasteiger partial charge in [-0.15, -0.1) is 24.0 Å². The topological polar surface area (TPSA) is 91.6 Å². The number of imidazole rings is 1. The maximum absolute atomic E-state index is 12.7. The molecule has 0 unspecified atom stereocenters. The van der Waals surface area contributed by atoms with Crippen LogP contribution < -0.4 is 10.6 Å². The van der Waals surface area contributed by atoms with Gasteiger partial charge in [-0.2, -0.15) is 17.5 Å². The SMILES string of the molecule is CN=C(NCc1nc2ccccc2n1C)NC1CCN(S(=O)(=O)C(F)(F)F)CC1.I. The molecule has 2 aromatic rings. The minimum absolute atomic E-state index is 0. The molecule has 8 nitrogen and oxygen atoms in total. The number of fused-ring (bicyclic) bond motifs is 1. The van der Waals surface area contributed by atoms with Crippen molar-refractivity contribution in [1.82, 2.24) is 24.5 Å². The number of aryl methyl sites for hydroxylation is 1. The van der Waals surface area contributed by atoms with Gasteiger partial charge in [0.1, 0.15) is 5.82 Å². The molecule has 1 fully saturated rings. The third kappa shape index (κ3) is 5.17. The van der Waals surface area contributed by atoms with E-state index in [0.717, 1.165) is 16.9 Å². The van der Waals surface area contributed by atoms with Crippen LogP contribution in [0, 0.1) is 0 Å². The molecular formula is C17H24F3IN6O2S. The summed E-state index contributed by atoms with van der Waals surface area (Å²) in [7, 11) is -1.77. The van der Waals surface area contributed by atoms with Gasteiger partial charge in [0.15, 0.2) is 5.96 Å². The lowest BCUT2D eigenvalue weighted by molar-refractivity contribution is -0.0494. The Hall–Kier alpha value is -1.61. The molecule has 2 N–H and O–H groups in total. The maximum atomic E-state index is 12.7. The van der Waals surface area contributed by atoms with Crippen LogP contribution in [-0.4, -0.2) is 59.9 Å². The number of piperidine rings is 1. The van der Waals surface area contributed by atoms with Gasteiger partial charge in [-0.1, -0.05) is 12.1 Å². The Morgan fingerprint density at radius 2 is 1.90 bits per heavy atom. The van der Waals surface area contributed by atoms with E-state index in [1.165, 1.54) is 0 Å².